The molecule has 0 amide bonds. The minimum absolute atomic E-state index is 0.236. The molecule has 74 valence electrons. The van der Waals surface area contributed by atoms with Crippen molar-refractivity contribution in [1.29, 1.82) is 5.26 Å². The zero-order chi connectivity index (χ0) is 10.6. The van der Waals surface area contributed by atoms with E-state index in [1.165, 1.54) is 6.20 Å². The highest BCUT2D eigenvalue weighted by Gasteiger charge is 2.09. The molecule has 0 spiro atoms. The first kappa shape index (κ1) is 10.5. The van der Waals surface area contributed by atoms with Gasteiger partial charge in [0.15, 0.2) is 5.75 Å². The number of nitriles is 1. The topological polar surface area (TPSA) is 82.8 Å². The van der Waals surface area contributed by atoms with Crippen molar-refractivity contribution in [2.75, 3.05) is 10.5 Å². The van der Waals surface area contributed by atoms with Gasteiger partial charge in [-0.05, 0) is 24.6 Å². The average Bonchev–Trinajstić information content (AvgIpc) is 2.02. The summed E-state index contributed by atoms with van der Waals surface area (Å²) in [7, 11) is -3.58. The van der Waals surface area contributed by atoms with Crippen LogP contribution in [-0.4, -0.2) is 19.2 Å². The number of aromatic nitrogens is 1. The highest BCUT2D eigenvalue weighted by Crippen LogP contribution is 2.07. The first-order valence-corrected chi connectivity index (χ1v) is 5.49. The Kier molecular flexibility index (Phi) is 3.04. The molecule has 0 atom stereocenters. The van der Waals surface area contributed by atoms with Gasteiger partial charge in [-0.2, -0.15) is 5.26 Å². The van der Waals surface area contributed by atoms with Crippen molar-refractivity contribution in [3.63, 3.8) is 0 Å². The molecule has 0 aromatic carbocycles. The fraction of sp³-hybridized carbons (Fsp3) is 0.250. The van der Waals surface area contributed by atoms with E-state index >= 15 is 0 Å². The lowest BCUT2D eigenvalue weighted by atomic mass is 10.3. The lowest BCUT2D eigenvalue weighted by Gasteiger charge is -2.03. The molecular weight excluding hydrogens is 202 g/mol. The molecule has 0 radical (unpaired) electrons. The van der Waals surface area contributed by atoms with Gasteiger partial charge in [0.25, 0.3) is 0 Å². The number of hydrogen-bond acceptors (Lipinski definition) is 4. The summed E-state index contributed by atoms with van der Waals surface area (Å²) in [6.07, 6.45) is 1.50. The summed E-state index contributed by atoms with van der Waals surface area (Å²) in [5, 5.41) is 8.24. The highest BCUT2D eigenvalue weighted by molar-refractivity contribution is 7.92. The number of rotatable bonds is 3. The number of nitrogens with one attached hydrogen (secondary N) is 1. The first-order valence-electron chi connectivity index (χ1n) is 3.83. The lowest BCUT2D eigenvalue weighted by Crippen LogP contribution is -2.16. The van der Waals surface area contributed by atoms with Crippen LogP contribution in [0.25, 0.3) is 0 Å². The summed E-state index contributed by atoms with van der Waals surface area (Å²) in [6, 6.07) is 4.91. The van der Waals surface area contributed by atoms with Crippen molar-refractivity contribution >= 4 is 15.8 Å². The van der Waals surface area contributed by atoms with Gasteiger partial charge >= 0.3 is 0 Å². The summed E-state index contributed by atoms with van der Waals surface area (Å²) in [5.41, 5.74) is 0.898. The summed E-state index contributed by atoms with van der Waals surface area (Å²) in [6.45, 7) is 1.82. The van der Waals surface area contributed by atoms with E-state index in [9.17, 15) is 8.42 Å². The van der Waals surface area contributed by atoms with Gasteiger partial charge in [-0.15, -0.1) is 0 Å². The lowest BCUT2D eigenvalue weighted by molar-refractivity contribution is 0.604. The smallest absolute Gasteiger partial charge is 0.247 e. The summed E-state index contributed by atoms with van der Waals surface area (Å²) in [5.74, 6) is -0.331. The molecule has 0 aliphatic carbocycles. The maximum absolute atomic E-state index is 11.1. The maximum Gasteiger partial charge on any atom is 0.247 e. The maximum atomic E-state index is 11.1. The first-order chi connectivity index (χ1) is 6.53. The Hall–Kier alpha value is -1.61. The van der Waals surface area contributed by atoms with Crippen LogP contribution in [0.4, 0.5) is 5.82 Å². The van der Waals surface area contributed by atoms with E-state index in [2.05, 4.69) is 9.71 Å². The molecule has 0 unspecified atom stereocenters. The molecule has 14 heavy (non-hydrogen) atoms. The SMILES string of the molecule is Cc1ccnc(NS(=O)(=O)CC#N)c1. The second-order valence-electron chi connectivity index (χ2n) is 2.74. The van der Waals surface area contributed by atoms with E-state index < -0.39 is 15.8 Å². The fourth-order valence-electron chi connectivity index (χ4n) is 0.872. The zero-order valence-electron chi connectivity index (χ0n) is 7.56. The molecule has 0 fully saturated rings. The van der Waals surface area contributed by atoms with Crippen molar-refractivity contribution in [3.05, 3.63) is 23.9 Å². The van der Waals surface area contributed by atoms with Crippen LogP contribution in [0.5, 0.6) is 0 Å². The van der Waals surface area contributed by atoms with E-state index in [0.717, 1.165) is 5.56 Å². The van der Waals surface area contributed by atoms with E-state index in [0.29, 0.717) is 0 Å². The van der Waals surface area contributed by atoms with Gasteiger partial charge in [-0.3, -0.25) is 4.72 Å². The van der Waals surface area contributed by atoms with Gasteiger partial charge in [-0.1, -0.05) is 0 Å². The van der Waals surface area contributed by atoms with Gasteiger partial charge in [0.05, 0.1) is 6.07 Å². The molecule has 1 N–H and O–H groups in total. The van der Waals surface area contributed by atoms with Gasteiger partial charge in [-0.25, -0.2) is 13.4 Å². The molecule has 0 aliphatic rings. The Labute approximate surface area is 82.4 Å². The fourth-order valence-corrected chi connectivity index (χ4v) is 1.54. The Balaban J connectivity index is 2.85. The Morgan fingerprint density at radius 1 is 1.64 bits per heavy atom. The zero-order valence-corrected chi connectivity index (χ0v) is 8.37. The normalized spacial score (nSPS) is 10.6. The van der Waals surface area contributed by atoms with Crippen molar-refractivity contribution in [3.8, 4) is 6.07 Å². The number of sulfonamides is 1. The molecule has 0 bridgehead atoms. The molecule has 0 saturated carbocycles. The molecule has 1 aromatic heterocycles. The number of nitrogens with zero attached hydrogens (tertiary/aromatic N) is 2. The third-order valence-corrected chi connectivity index (χ3v) is 2.46. The Morgan fingerprint density at radius 3 is 2.93 bits per heavy atom. The Morgan fingerprint density at radius 2 is 2.36 bits per heavy atom. The quantitative estimate of drug-likeness (QED) is 0.795. The molecule has 1 rings (SSSR count). The molecule has 0 saturated heterocycles. The third kappa shape index (κ3) is 3.03. The summed E-state index contributed by atoms with van der Waals surface area (Å²) in [4.78, 5) is 3.81. The molecule has 0 aliphatic heterocycles. The minimum Gasteiger partial charge on any atom is -0.266 e. The van der Waals surface area contributed by atoms with E-state index in [1.54, 1.807) is 18.2 Å². The standard InChI is InChI=1S/C8H9N3O2S/c1-7-2-4-10-8(6-7)11-14(12,13)5-3-9/h2,4,6H,5H2,1H3,(H,10,11). The van der Waals surface area contributed by atoms with Crippen molar-refractivity contribution in [1.82, 2.24) is 4.98 Å². The van der Waals surface area contributed by atoms with Crippen LogP contribution in [-0.2, 0) is 10.0 Å². The van der Waals surface area contributed by atoms with Crippen LogP contribution in [0.2, 0.25) is 0 Å². The van der Waals surface area contributed by atoms with Crippen LogP contribution in [0.1, 0.15) is 5.56 Å². The molecular formula is C8H9N3O2S. The van der Waals surface area contributed by atoms with Gasteiger partial charge in [0.1, 0.15) is 5.82 Å². The van der Waals surface area contributed by atoms with E-state index in [-0.39, 0.29) is 5.82 Å². The predicted molar refractivity (Wildman–Crippen MR) is 52.0 cm³/mol. The van der Waals surface area contributed by atoms with E-state index in [4.69, 9.17) is 5.26 Å². The number of anilines is 1. The van der Waals surface area contributed by atoms with Crippen molar-refractivity contribution in [2.24, 2.45) is 0 Å². The van der Waals surface area contributed by atoms with Crippen molar-refractivity contribution in [2.45, 2.75) is 6.92 Å². The van der Waals surface area contributed by atoms with Gasteiger partial charge in [0, 0.05) is 6.20 Å². The third-order valence-electron chi connectivity index (χ3n) is 1.43. The minimum atomic E-state index is -3.58. The van der Waals surface area contributed by atoms with Crippen LogP contribution in [0.3, 0.4) is 0 Å². The van der Waals surface area contributed by atoms with Crippen molar-refractivity contribution < 1.29 is 8.42 Å². The second kappa shape index (κ2) is 4.07. The summed E-state index contributed by atoms with van der Waals surface area (Å²) < 4.78 is 24.5. The average molecular weight is 211 g/mol. The van der Waals surface area contributed by atoms with Crippen LogP contribution in [0.15, 0.2) is 18.3 Å². The number of hydrogen-bond donors (Lipinski definition) is 1. The predicted octanol–water partition coefficient (Wildman–Crippen LogP) is 0.655. The molecule has 1 aromatic rings. The van der Waals surface area contributed by atoms with Crippen LogP contribution >= 0.6 is 0 Å². The number of aryl methyl sites for hydroxylation is 1. The monoisotopic (exact) mass is 211 g/mol. The summed E-state index contributed by atoms with van der Waals surface area (Å²) >= 11 is 0. The Bertz CT molecular complexity index is 462. The van der Waals surface area contributed by atoms with Crippen LogP contribution in [0, 0.1) is 18.3 Å². The largest absolute Gasteiger partial charge is 0.266 e. The number of pyridine rings is 1. The molecule has 1 heterocycles. The highest BCUT2D eigenvalue weighted by atomic mass is 32.2. The molecule has 5 nitrogen and oxygen atoms in total. The van der Waals surface area contributed by atoms with E-state index in [1.807, 2.05) is 6.92 Å². The molecule has 6 heteroatoms. The van der Waals surface area contributed by atoms with Gasteiger partial charge in [0.2, 0.25) is 10.0 Å². The van der Waals surface area contributed by atoms with Gasteiger partial charge < -0.3 is 0 Å². The van der Waals surface area contributed by atoms with Crippen LogP contribution < -0.4 is 4.72 Å². The second-order valence-corrected chi connectivity index (χ2v) is 4.46.